The maximum atomic E-state index is 13.2. The molecule has 0 aliphatic carbocycles. The maximum Gasteiger partial charge on any atom is 0.322 e. The van der Waals surface area contributed by atoms with Crippen molar-refractivity contribution in [3.05, 3.63) is 102 Å². The summed E-state index contributed by atoms with van der Waals surface area (Å²) in [6.07, 6.45) is 3.55. The Balaban J connectivity index is 1.43. The molecule has 4 rings (SSSR count). The molecule has 2 amide bonds. The summed E-state index contributed by atoms with van der Waals surface area (Å²) in [5.41, 5.74) is 2.32. The number of rotatable bonds is 8. The number of carbonyl (C=O) groups excluding carboxylic acids is 1. The summed E-state index contributed by atoms with van der Waals surface area (Å²) < 4.78 is 5.87. The van der Waals surface area contributed by atoms with Gasteiger partial charge in [0.05, 0.1) is 6.57 Å². The van der Waals surface area contributed by atoms with Crippen molar-refractivity contribution in [3.63, 3.8) is 0 Å². The molecule has 3 aromatic carbocycles. The Labute approximate surface area is 205 Å². The van der Waals surface area contributed by atoms with Crippen LogP contribution in [0.1, 0.15) is 5.56 Å². The van der Waals surface area contributed by atoms with Crippen LogP contribution in [0.15, 0.2) is 85.2 Å². The molecule has 0 atom stereocenters. The molecule has 7 heteroatoms. The van der Waals surface area contributed by atoms with Gasteiger partial charge in [0.25, 0.3) is 0 Å². The van der Waals surface area contributed by atoms with E-state index in [1.54, 1.807) is 41.6 Å². The van der Waals surface area contributed by atoms with Crippen LogP contribution in [0.25, 0.3) is 15.6 Å². The first kappa shape index (κ1) is 23.7. The third-order valence-electron chi connectivity index (χ3n) is 5.49. The monoisotopic (exact) mass is 465 g/mol. The molecule has 176 valence electrons. The highest BCUT2D eigenvalue weighted by atomic mass is 16.5. The number of aromatic nitrogens is 1. The van der Waals surface area contributed by atoms with Crippen molar-refractivity contribution in [1.82, 2.24) is 14.8 Å². The summed E-state index contributed by atoms with van der Waals surface area (Å²) in [5, 5.41) is 5.09. The lowest BCUT2D eigenvalue weighted by Crippen LogP contribution is -2.39. The van der Waals surface area contributed by atoms with Gasteiger partial charge in [0.1, 0.15) is 11.5 Å². The van der Waals surface area contributed by atoms with Gasteiger partial charge in [-0.05, 0) is 67.5 Å². The molecule has 1 heterocycles. The topological polar surface area (TPSA) is 62.1 Å². The molecule has 1 N–H and O–H groups in total. The SMILES string of the molecule is [C-]#[N+]c1ccc(Oc2ccc(CN(CCN(C)C)C(=O)Nc3ccc4cnccc4c3)cc2)cc1. The van der Waals surface area contributed by atoms with E-state index in [0.29, 0.717) is 30.3 Å². The number of pyridine rings is 1. The largest absolute Gasteiger partial charge is 0.457 e. The third kappa shape index (κ3) is 6.56. The fourth-order valence-corrected chi connectivity index (χ4v) is 3.54. The number of urea groups is 1. The molecule has 0 saturated carbocycles. The van der Waals surface area contributed by atoms with Gasteiger partial charge in [-0.3, -0.25) is 4.98 Å². The van der Waals surface area contributed by atoms with Gasteiger partial charge in [-0.1, -0.05) is 30.3 Å². The van der Waals surface area contributed by atoms with Gasteiger partial charge < -0.3 is 19.9 Å². The van der Waals surface area contributed by atoms with E-state index in [-0.39, 0.29) is 6.03 Å². The Morgan fingerprint density at radius 3 is 2.34 bits per heavy atom. The second kappa shape index (κ2) is 11.1. The molecule has 7 nitrogen and oxygen atoms in total. The fourth-order valence-electron chi connectivity index (χ4n) is 3.54. The van der Waals surface area contributed by atoms with E-state index in [9.17, 15) is 4.79 Å². The molecular weight excluding hydrogens is 438 g/mol. The van der Waals surface area contributed by atoms with E-state index < -0.39 is 0 Å². The highest BCUT2D eigenvalue weighted by molar-refractivity contribution is 5.93. The number of hydrogen-bond acceptors (Lipinski definition) is 4. The van der Waals surface area contributed by atoms with Gasteiger partial charge in [-0.25, -0.2) is 9.64 Å². The number of hydrogen-bond donors (Lipinski definition) is 1. The molecule has 0 radical (unpaired) electrons. The first-order chi connectivity index (χ1) is 17.0. The lowest BCUT2D eigenvalue weighted by molar-refractivity contribution is 0.202. The van der Waals surface area contributed by atoms with Crippen molar-refractivity contribution >= 4 is 28.2 Å². The second-order valence-corrected chi connectivity index (χ2v) is 8.44. The Bertz CT molecular complexity index is 1330. The zero-order chi connectivity index (χ0) is 24.6. The number of amides is 2. The number of likely N-dealkylation sites (N-methyl/N-ethyl adjacent to an activating group) is 1. The predicted molar refractivity (Wildman–Crippen MR) is 139 cm³/mol. The Morgan fingerprint density at radius 1 is 0.943 bits per heavy atom. The Morgan fingerprint density at radius 2 is 1.66 bits per heavy atom. The molecule has 0 aliphatic rings. The lowest BCUT2D eigenvalue weighted by atomic mass is 10.1. The van der Waals surface area contributed by atoms with E-state index in [1.165, 1.54) is 0 Å². The number of ether oxygens (including phenoxy) is 1. The van der Waals surface area contributed by atoms with E-state index in [1.807, 2.05) is 62.6 Å². The first-order valence-electron chi connectivity index (χ1n) is 11.3. The molecule has 0 unspecified atom stereocenters. The minimum Gasteiger partial charge on any atom is -0.457 e. The number of benzene rings is 3. The van der Waals surface area contributed by atoms with Crippen LogP contribution in [0.2, 0.25) is 0 Å². The van der Waals surface area contributed by atoms with Crippen LogP contribution < -0.4 is 10.1 Å². The number of carbonyl (C=O) groups is 1. The molecular formula is C28H27N5O2. The number of anilines is 1. The van der Waals surface area contributed by atoms with E-state index in [0.717, 1.165) is 28.6 Å². The Hall–Kier alpha value is -4.41. The highest BCUT2D eigenvalue weighted by Crippen LogP contribution is 2.25. The van der Waals surface area contributed by atoms with Crippen LogP contribution >= 0.6 is 0 Å². The van der Waals surface area contributed by atoms with E-state index in [2.05, 4.69) is 20.0 Å². The van der Waals surface area contributed by atoms with Crippen LogP contribution in [0.4, 0.5) is 16.2 Å². The van der Waals surface area contributed by atoms with Crippen molar-refractivity contribution in [2.24, 2.45) is 0 Å². The van der Waals surface area contributed by atoms with Crippen LogP contribution in [0, 0.1) is 6.57 Å². The number of nitrogens with zero attached hydrogens (tertiary/aromatic N) is 4. The first-order valence-corrected chi connectivity index (χ1v) is 11.3. The van der Waals surface area contributed by atoms with Crippen LogP contribution in [0.5, 0.6) is 11.5 Å². The standard InChI is InChI=1S/C28H27N5O2/c1-29-24-8-12-27(13-9-24)35-26-10-4-21(5-11-26)20-33(17-16-32(2)3)28(34)31-25-7-6-23-19-30-15-14-22(23)18-25/h4-15,18-19H,16-17,20H2,2-3H3,(H,31,34). The molecule has 0 spiro atoms. The smallest absolute Gasteiger partial charge is 0.322 e. The summed E-state index contributed by atoms with van der Waals surface area (Å²) in [4.78, 5) is 24.5. The van der Waals surface area contributed by atoms with E-state index >= 15 is 0 Å². The van der Waals surface area contributed by atoms with Gasteiger partial charge in [0, 0.05) is 43.1 Å². The van der Waals surface area contributed by atoms with Gasteiger partial charge in [-0.15, -0.1) is 0 Å². The second-order valence-electron chi connectivity index (χ2n) is 8.44. The predicted octanol–water partition coefficient (Wildman–Crippen LogP) is 6.17. The third-order valence-corrected chi connectivity index (χ3v) is 5.49. The molecule has 0 bridgehead atoms. The van der Waals surface area contributed by atoms with Crippen molar-refractivity contribution < 1.29 is 9.53 Å². The van der Waals surface area contributed by atoms with E-state index in [4.69, 9.17) is 11.3 Å². The normalized spacial score (nSPS) is 10.7. The van der Waals surface area contributed by atoms with Gasteiger partial charge in [0.15, 0.2) is 5.69 Å². The molecule has 0 aliphatic heterocycles. The van der Waals surface area contributed by atoms with Gasteiger partial charge >= 0.3 is 6.03 Å². The average Bonchev–Trinajstić information content (AvgIpc) is 2.87. The van der Waals surface area contributed by atoms with Crippen molar-refractivity contribution in [3.8, 4) is 11.5 Å². The van der Waals surface area contributed by atoms with Gasteiger partial charge in [0.2, 0.25) is 0 Å². The highest BCUT2D eigenvalue weighted by Gasteiger charge is 2.15. The summed E-state index contributed by atoms with van der Waals surface area (Å²) in [6.45, 7) is 8.84. The minimum atomic E-state index is -0.152. The average molecular weight is 466 g/mol. The molecule has 4 aromatic rings. The maximum absolute atomic E-state index is 13.2. The van der Waals surface area contributed by atoms with Crippen molar-refractivity contribution in [2.45, 2.75) is 6.54 Å². The van der Waals surface area contributed by atoms with Crippen LogP contribution in [-0.4, -0.2) is 48.0 Å². The summed E-state index contributed by atoms with van der Waals surface area (Å²) >= 11 is 0. The summed E-state index contributed by atoms with van der Waals surface area (Å²) in [6, 6.07) is 22.3. The zero-order valence-corrected chi connectivity index (χ0v) is 19.8. The lowest BCUT2D eigenvalue weighted by Gasteiger charge is -2.25. The number of fused-ring (bicyclic) bond motifs is 1. The van der Waals surface area contributed by atoms with Crippen molar-refractivity contribution in [2.75, 3.05) is 32.5 Å². The Kier molecular flexibility index (Phi) is 7.56. The summed E-state index contributed by atoms with van der Waals surface area (Å²) in [7, 11) is 3.98. The molecule has 35 heavy (non-hydrogen) atoms. The molecule has 0 saturated heterocycles. The van der Waals surface area contributed by atoms with Crippen molar-refractivity contribution in [1.29, 1.82) is 0 Å². The number of nitrogens with one attached hydrogen (secondary N) is 1. The molecule has 0 fully saturated rings. The van der Waals surface area contributed by atoms with Crippen LogP contribution in [-0.2, 0) is 6.54 Å². The van der Waals surface area contributed by atoms with Gasteiger partial charge in [-0.2, -0.15) is 0 Å². The van der Waals surface area contributed by atoms with Crippen LogP contribution in [0.3, 0.4) is 0 Å². The quantitative estimate of drug-likeness (QED) is 0.316. The molecule has 1 aromatic heterocycles. The fraction of sp³-hybridized carbons (Fsp3) is 0.179. The summed E-state index contributed by atoms with van der Waals surface area (Å²) in [5.74, 6) is 1.36. The zero-order valence-electron chi connectivity index (χ0n) is 19.8. The minimum absolute atomic E-state index is 0.152.